The highest BCUT2D eigenvalue weighted by Gasteiger charge is 2.24. The Morgan fingerprint density at radius 3 is 2.54 bits per heavy atom. The summed E-state index contributed by atoms with van der Waals surface area (Å²) in [6.45, 7) is 6.22. The average molecular weight is 535 g/mol. The molecule has 0 aliphatic carbocycles. The molecule has 190 valence electrons. The average Bonchev–Trinajstić information content (AvgIpc) is 3.21. The largest absolute Gasteiger partial charge is 0.342 e. The maximum Gasteiger partial charge on any atom is 0.262 e. The number of hydrazone groups is 1. The quantitative estimate of drug-likeness (QED) is 0.208. The number of hydrogen-bond donors (Lipinski definition) is 2. The molecule has 6 nitrogen and oxygen atoms in total. The van der Waals surface area contributed by atoms with Crippen molar-refractivity contribution < 1.29 is 9.59 Å². The Morgan fingerprint density at radius 1 is 1.03 bits per heavy atom. The lowest BCUT2D eigenvalue weighted by atomic mass is 10.0. The van der Waals surface area contributed by atoms with Crippen molar-refractivity contribution in [1.29, 1.82) is 0 Å². The number of halogens is 2. The molecule has 2 N–H and O–H groups in total. The van der Waals surface area contributed by atoms with E-state index < -0.39 is 6.04 Å². The lowest BCUT2D eigenvalue weighted by Gasteiger charge is -2.20. The van der Waals surface area contributed by atoms with Gasteiger partial charge in [0.1, 0.15) is 6.04 Å². The number of amides is 2. The van der Waals surface area contributed by atoms with Crippen LogP contribution in [0.4, 0.5) is 0 Å². The number of carbonyl (C=O) groups excluding carboxylic acids is 2. The first kappa shape index (κ1) is 26.5. The second-order valence-electron chi connectivity index (χ2n) is 9.26. The molecule has 4 aromatic rings. The first-order valence-corrected chi connectivity index (χ1v) is 12.7. The number of carbonyl (C=O) groups is 2. The van der Waals surface area contributed by atoms with E-state index in [9.17, 15) is 9.59 Å². The van der Waals surface area contributed by atoms with Crippen LogP contribution in [0.3, 0.4) is 0 Å². The lowest BCUT2D eigenvalue weighted by Crippen LogP contribution is -2.48. The maximum atomic E-state index is 12.9. The summed E-state index contributed by atoms with van der Waals surface area (Å²) in [5.74, 6) is -0.815. The van der Waals surface area contributed by atoms with E-state index in [1.807, 2.05) is 75.5 Å². The van der Waals surface area contributed by atoms with E-state index in [-0.39, 0.29) is 17.7 Å². The van der Waals surface area contributed by atoms with Crippen molar-refractivity contribution in [2.24, 2.45) is 11.0 Å². The van der Waals surface area contributed by atoms with Gasteiger partial charge in [-0.25, -0.2) is 5.43 Å². The summed E-state index contributed by atoms with van der Waals surface area (Å²) in [6, 6.07) is 19.9. The van der Waals surface area contributed by atoms with Crippen molar-refractivity contribution in [1.82, 2.24) is 15.3 Å². The highest BCUT2D eigenvalue weighted by molar-refractivity contribution is 6.35. The van der Waals surface area contributed by atoms with Crippen molar-refractivity contribution in [3.8, 4) is 0 Å². The minimum Gasteiger partial charge on any atom is -0.342 e. The molecule has 1 heterocycles. The van der Waals surface area contributed by atoms with Gasteiger partial charge in [-0.15, -0.1) is 0 Å². The fourth-order valence-electron chi connectivity index (χ4n) is 4.12. The van der Waals surface area contributed by atoms with E-state index >= 15 is 0 Å². The van der Waals surface area contributed by atoms with Crippen LogP contribution >= 0.6 is 23.2 Å². The van der Waals surface area contributed by atoms with Gasteiger partial charge >= 0.3 is 0 Å². The monoisotopic (exact) mass is 534 g/mol. The topological polar surface area (TPSA) is 75.5 Å². The molecule has 0 saturated carbocycles. The molecule has 1 aromatic heterocycles. The summed E-state index contributed by atoms with van der Waals surface area (Å²) >= 11 is 12.4. The molecule has 1 unspecified atom stereocenters. The van der Waals surface area contributed by atoms with Gasteiger partial charge in [-0.05, 0) is 48.7 Å². The highest BCUT2D eigenvalue weighted by atomic mass is 35.5. The van der Waals surface area contributed by atoms with E-state index in [2.05, 4.69) is 20.4 Å². The molecule has 0 spiro atoms. The number of aromatic nitrogens is 1. The zero-order valence-electron chi connectivity index (χ0n) is 20.8. The third-order valence-electron chi connectivity index (χ3n) is 6.07. The van der Waals surface area contributed by atoms with Gasteiger partial charge in [-0.2, -0.15) is 5.10 Å². The zero-order valence-corrected chi connectivity index (χ0v) is 22.3. The molecule has 0 aliphatic rings. The van der Waals surface area contributed by atoms with Gasteiger partial charge in [-0.3, -0.25) is 9.59 Å². The Hall–Kier alpha value is -3.61. The molecular weight excluding hydrogens is 507 g/mol. The molecule has 0 aliphatic heterocycles. The van der Waals surface area contributed by atoms with Crippen LogP contribution in [0.2, 0.25) is 10.0 Å². The van der Waals surface area contributed by atoms with Gasteiger partial charge in [0, 0.05) is 44.8 Å². The van der Waals surface area contributed by atoms with Crippen molar-refractivity contribution in [2.75, 3.05) is 0 Å². The number of hydrogen-bond acceptors (Lipinski definition) is 3. The minimum absolute atomic E-state index is 0.130. The molecule has 2 amide bonds. The Kier molecular flexibility index (Phi) is 8.31. The fourth-order valence-corrected chi connectivity index (χ4v) is 4.59. The number of benzene rings is 3. The van der Waals surface area contributed by atoms with Crippen LogP contribution in [0.5, 0.6) is 0 Å². The van der Waals surface area contributed by atoms with Crippen molar-refractivity contribution in [3.63, 3.8) is 0 Å². The van der Waals surface area contributed by atoms with Crippen LogP contribution in [-0.2, 0) is 11.3 Å². The highest BCUT2D eigenvalue weighted by Crippen LogP contribution is 2.25. The van der Waals surface area contributed by atoms with Gasteiger partial charge in [0.15, 0.2) is 0 Å². The maximum absolute atomic E-state index is 12.9. The van der Waals surface area contributed by atoms with Gasteiger partial charge in [0.05, 0.1) is 6.21 Å². The molecule has 3 aromatic carbocycles. The van der Waals surface area contributed by atoms with E-state index in [0.29, 0.717) is 22.2 Å². The number of rotatable bonds is 8. The van der Waals surface area contributed by atoms with Crippen LogP contribution in [-0.4, -0.2) is 28.6 Å². The summed E-state index contributed by atoms with van der Waals surface area (Å²) in [5.41, 5.74) is 6.86. The Balaban J connectivity index is 1.50. The Morgan fingerprint density at radius 2 is 1.81 bits per heavy atom. The summed E-state index contributed by atoms with van der Waals surface area (Å²) in [5, 5.41) is 9.20. The van der Waals surface area contributed by atoms with E-state index in [4.69, 9.17) is 23.2 Å². The first-order valence-electron chi connectivity index (χ1n) is 11.9. The van der Waals surface area contributed by atoms with Crippen LogP contribution in [0.15, 0.2) is 78.0 Å². The first-order chi connectivity index (χ1) is 17.7. The Bertz CT molecular complexity index is 1480. The van der Waals surface area contributed by atoms with Gasteiger partial charge < -0.3 is 9.88 Å². The predicted octanol–water partition coefficient (Wildman–Crippen LogP) is 6.21. The molecule has 1 atom stereocenters. The SMILES string of the molecule is Cc1cccc(C(=O)NC(C(=O)N/N=C\c2cn(Cc3ccc(Cl)cc3Cl)c3ccccc23)C(C)C)c1. The number of nitrogens with zero attached hydrogens (tertiary/aromatic N) is 2. The van der Waals surface area contributed by atoms with Crippen LogP contribution in [0, 0.1) is 12.8 Å². The smallest absolute Gasteiger partial charge is 0.262 e. The Labute approximate surface area is 226 Å². The molecule has 4 rings (SSSR count). The van der Waals surface area contributed by atoms with E-state index in [1.54, 1.807) is 24.4 Å². The molecular formula is C29H28Cl2N4O2. The fraction of sp³-hybridized carbons (Fsp3) is 0.207. The second kappa shape index (κ2) is 11.6. The number of aryl methyl sites for hydroxylation is 1. The molecule has 0 bridgehead atoms. The van der Waals surface area contributed by atoms with E-state index in [1.165, 1.54) is 0 Å². The molecule has 37 heavy (non-hydrogen) atoms. The lowest BCUT2D eigenvalue weighted by molar-refractivity contribution is -0.123. The van der Waals surface area contributed by atoms with E-state index in [0.717, 1.165) is 27.6 Å². The summed E-state index contributed by atoms with van der Waals surface area (Å²) in [7, 11) is 0. The number of para-hydroxylation sites is 1. The predicted molar refractivity (Wildman–Crippen MR) is 151 cm³/mol. The molecule has 0 fully saturated rings. The number of fused-ring (bicyclic) bond motifs is 1. The van der Waals surface area contributed by atoms with Crippen LogP contribution in [0.1, 0.15) is 40.9 Å². The summed E-state index contributed by atoms with van der Waals surface area (Å²) in [4.78, 5) is 25.6. The van der Waals surface area contributed by atoms with Gasteiger partial charge in [0.2, 0.25) is 0 Å². The minimum atomic E-state index is -0.737. The normalized spacial score (nSPS) is 12.3. The van der Waals surface area contributed by atoms with Crippen LogP contribution < -0.4 is 10.7 Å². The van der Waals surface area contributed by atoms with Crippen molar-refractivity contribution in [3.05, 3.63) is 105 Å². The zero-order chi connectivity index (χ0) is 26.5. The van der Waals surface area contributed by atoms with Gasteiger partial charge in [-0.1, -0.05) is 79.0 Å². The molecule has 8 heteroatoms. The third-order valence-corrected chi connectivity index (χ3v) is 6.66. The van der Waals surface area contributed by atoms with Gasteiger partial charge in [0.25, 0.3) is 11.8 Å². The standard InChI is InChI=1S/C29H28Cl2N4O2/c1-18(2)27(33-28(36)20-8-6-7-19(3)13-20)29(37)34-32-15-22-17-35(26-10-5-4-9-24(22)26)16-21-11-12-23(30)14-25(21)31/h4-15,17-18,27H,16H2,1-3H3,(H,33,36)(H,34,37)/b32-15-. The van der Waals surface area contributed by atoms with Crippen molar-refractivity contribution in [2.45, 2.75) is 33.4 Å². The second-order valence-corrected chi connectivity index (χ2v) is 10.1. The molecule has 0 saturated heterocycles. The van der Waals surface area contributed by atoms with Crippen LogP contribution in [0.25, 0.3) is 10.9 Å². The summed E-state index contributed by atoms with van der Waals surface area (Å²) in [6.07, 6.45) is 3.57. The third kappa shape index (κ3) is 6.40. The summed E-state index contributed by atoms with van der Waals surface area (Å²) < 4.78 is 2.08. The number of nitrogens with one attached hydrogen (secondary N) is 2. The molecule has 0 radical (unpaired) electrons. The van der Waals surface area contributed by atoms with Crippen molar-refractivity contribution >= 4 is 52.1 Å².